The van der Waals surface area contributed by atoms with Gasteiger partial charge in [0.1, 0.15) is 0 Å². The first kappa shape index (κ1) is 13.8. The molecule has 3 rings (SSSR count). The second-order valence-corrected chi connectivity index (χ2v) is 8.78. The monoisotopic (exact) mass is 286 g/mol. The molecule has 5 heteroatoms. The van der Waals surface area contributed by atoms with Gasteiger partial charge in [-0.05, 0) is 51.6 Å². The molecule has 1 aliphatic carbocycles. The molecule has 0 aromatic heterocycles. The Balaban J connectivity index is 1.76. The lowest BCUT2D eigenvalue weighted by Crippen LogP contribution is -2.51. The van der Waals surface area contributed by atoms with E-state index in [9.17, 15) is 8.42 Å². The van der Waals surface area contributed by atoms with E-state index in [1.165, 1.54) is 31.9 Å². The van der Waals surface area contributed by atoms with Crippen LogP contribution in [0.2, 0.25) is 0 Å². The lowest BCUT2D eigenvalue weighted by atomic mass is 10.0. The van der Waals surface area contributed by atoms with Crippen LogP contribution in [0.5, 0.6) is 0 Å². The molecule has 110 valence electrons. The zero-order chi connectivity index (χ0) is 13.5. The molecular formula is C14H26N2O2S. The quantitative estimate of drug-likeness (QED) is 0.846. The van der Waals surface area contributed by atoms with Crippen LogP contribution in [0.3, 0.4) is 0 Å². The maximum absolute atomic E-state index is 12.0. The van der Waals surface area contributed by atoms with Gasteiger partial charge in [0.05, 0.1) is 5.25 Å². The van der Waals surface area contributed by atoms with Gasteiger partial charge in [-0.2, -0.15) is 0 Å². The zero-order valence-electron chi connectivity index (χ0n) is 11.8. The number of hydrogen-bond donors (Lipinski definition) is 1. The molecule has 0 aromatic rings. The van der Waals surface area contributed by atoms with Gasteiger partial charge in [-0.25, -0.2) is 8.42 Å². The molecule has 0 aromatic carbocycles. The predicted molar refractivity (Wildman–Crippen MR) is 77.0 cm³/mol. The Bertz CT molecular complexity index is 417. The number of likely N-dealkylation sites (tertiary alicyclic amines) is 1. The van der Waals surface area contributed by atoms with Crippen LogP contribution >= 0.6 is 0 Å². The van der Waals surface area contributed by atoms with E-state index in [4.69, 9.17) is 0 Å². The van der Waals surface area contributed by atoms with Crippen molar-refractivity contribution in [2.75, 3.05) is 19.3 Å². The lowest BCUT2D eigenvalue weighted by molar-refractivity contribution is 0.156. The molecule has 2 saturated heterocycles. The molecule has 0 spiro atoms. The van der Waals surface area contributed by atoms with Gasteiger partial charge in [-0.15, -0.1) is 0 Å². The van der Waals surface area contributed by atoms with Gasteiger partial charge in [0.15, 0.2) is 9.84 Å². The highest BCUT2D eigenvalue weighted by molar-refractivity contribution is 7.91. The molecule has 1 N–H and O–H groups in total. The summed E-state index contributed by atoms with van der Waals surface area (Å²) in [6, 6.07) is 1.46. The van der Waals surface area contributed by atoms with Crippen LogP contribution in [-0.4, -0.2) is 56.0 Å². The van der Waals surface area contributed by atoms with Crippen LogP contribution < -0.4 is 5.32 Å². The molecule has 4 atom stereocenters. The third-order valence-corrected chi connectivity index (χ3v) is 6.95. The maximum atomic E-state index is 12.0. The summed E-state index contributed by atoms with van der Waals surface area (Å²) in [6.45, 7) is 2.23. The van der Waals surface area contributed by atoms with Gasteiger partial charge in [0.25, 0.3) is 0 Å². The number of rotatable bonds is 3. The maximum Gasteiger partial charge on any atom is 0.151 e. The number of sulfone groups is 1. The lowest BCUT2D eigenvalue weighted by Gasteiger charge is -2.36. The van der Waals surface area contributed by atoms with Crippen LogP contribution in [0, 0.1) is 0 Å². The Labute approximate surface area is 116 Å². The first-order valence-corrected chi connectivity index (χ1v) is 9.71. The third kappa shape index (κ3) is 2.69. The van der Waals surface area contributed by atoms with E-state index in [0.29, 0.717) is 12.1 Å². The molecule has 4 nitrogen and oxygen atoms in total. The molecule has 4 unspecified atom stereocenters. The number of hydrogen-bond acceptors (Lipinski definition) is 4. The Morgan fingerprint density at radius 1 is 1.00 bits per heavy atom. The van der Waals surface area contributed by atoms with Gasteiger partial charge in [0.2, 0.25) is 0 Å². The molecule has 3 fully saturated rings. The van der Waals surface area contributed by atoms with Gasteiger partial charge in [0, 0.05) is 24.4 Å². The first-order valence-electron chi connectivity index (χ1n) is 7.75. The normalized spacial score (nSPS) is 41.1. The standard InChI is InChI=1S/C14H26N2O2S/c1-19(17,18)14-8-2-6-13(14)16-10-4-7-12(16)11-5-3-9-15-11/h11-15H,2-10H2,1H3. The molecule has 2 aliphatic heterocycles. The SMILES string of the molecule is CS(=O)(=O)C1CCCC1N1CCCC1C1CCCN1. The van der Waals surface area contributed by atoms with Gasteiger partial charge in [-0.1, -0.05) is 6.42 Å². The molecule has 19 heavy (non-hydrogen) atoms. The van der Waals surface area contributed by atoms with Gasteiger partial charge >= 0.3 is 0 Å². The van der Waals surface area contributed by atoms with Gasteiger partial charge in [-0.3, -0.25) is 4.90 Å². The molecule has 0 bridgehead atoms. The summed E-state index contributed by atoms with van der Waals surface area (Å²) in [5.41, 5.74) is 0. The Hall–Kier alpha value is -0.130. The Morgan fingerprint density at radius 3 is 2.47 bits per heavy atom. The third-order valence-electron chi connectivity index (χ3n) is 5.30. The second kappa shape index (κ2) is 5.34. The van der Waals surface area contributed by atoms with Crippen LogP contribution in [0.1, 0.15) is 44.9 Å². The molecule has 0 amide bonds. The van der Waals surface area contributed by atoms with Crippen LogP contribution in [-0.2, 0) is 9.84 Å². The summed E-state index contributed by atoms with van der Waals surface area (Å²) in [7, 11) is -2.90. The number of nitrogens with one attached hydrogen (secondary N) is 1. The van der Waals surface area contributed by atoms with Crippen LogP contribution in [0.15, 0.2) is 0 Å². The van der Waals surface area contributed by atoms with Crippen molar-refractivity contribution in [2.45, 2.75) is 68.3 Å². The van der Waals surface area contributed by atoms with Crippen molar-refractivity contribution < 1.29 is 8.42 Å². The largest absolute Gasteiger partial charge is 0.312 e. The second-order valence-electron chi connectivity index (χ2n) is 6.52. The summed E-state index contributed by atoms with van der Waals surface area (Å²) < 4.78 is 24.0. The van der Waals surface area contributed by atoms with E-state index in [-0.39, 0.29) is 11.3 Å². The first-order chi connectivity index (χ1) is 9.07. The zero-order valence-corrected chi connectivity index (χ0v) is 12.7. The average molecular weight is 286 g/mol. The Morgan fingerprint density at radius 2 is 1.79 bits per heavy atom. The fourth-order valence-corrected chi connectivity index (χ4v) is 5.94. The highest BCUT2D eigenvalue weighted by atomic mass is 32.2. The van der Waals surface area contributed by atoms with Crippen LogP contribution in [0.25, 0.3) is 0 Å². The van der Waals surface area contributed by atoms with E-state index in [2.05, 4.69) is 10.2 Å². The molecule has 0 radical (unpaired) electrons. The van der Waals surface area contributed by atoms with Crippen molar-refractivity contribution in [1.29, 1.82) is 0 Å². The summed E-state index contributed by atoms with van der Waals surface area (Å²) in [4.78, 5) is 2.54. The van der Waals surface area contributed by atoms with Crippen LogP contribution in [0.4, 0.5) is 0 Å². The van der Waals surface area contributed by atoms with E-state index in [1.54, 1.807) is 0 Å². The summed E-state index contributed by atoms with van der Waals surface area (Å²) in [5, 5.41) is 3.50. The number of nitrogens with zero attached hydrogens (tertiary/aromatic N) is 1. The van der Waals surface area contributed by atoms with Crippen molar-refractivity contribution in [2.24, 2.45) is 0 Å². The summed E-state index contributed by atoms with van der Waals surface area (Å²) >= 11 is 0. The minimum atomic E-state index is -2.90. The minimum absolute atomic E-state index is 0.116. The fourth-order valence-electron chi connectivity index (χ4n) is 4.48. The van der Waals surface area contributed by atoms with E-state index >= 15 is 0 Å². The van der Waals surface area contributed by atoms with Crippen molar-refractivity contribution in [1.82, 2.24) is 10.2 Å². The van der Waals surface area contributed by atoms with Crippen molar-refractivity contribution in [3.8, 4) is 0 Å². The van der Waals surface area contributed by atoms with E-state index < -0.39 is 9.84 Å². The average Bonchev–Trinajstić information content (AvgIpc) is 3.09. The van der Waals surface area contributed by atoms with Crippen molar-refractivity contribution >= 4 is 9.84 Å². The van der Waals surface area contributed by atoms with Crippen molar-refractivity contribution in [3.05, 3.63) is 0 Å². The summed E-state index contributed by atoms with van der Waals surface area (Å²) in [6.07, 6.45) is 9.44. The molecule has 1 saturated carbocycles. The molecular weight excluding hydrogens is 260 g/mol. The molecule has 3 aliphatic rings. The minimum Gasteiger partial charge on any atom is -0.312 e. The van der Waals surface area contributed by atoms with E-state index in [0.717, 1.165) is 32.4 Å². The summed E-state index contributed by atoms with van der Waals surface area (Å²) in [5.74, 6) is 0. The highest BCUT2D eigenvalue weighted by Crippen LogP contribution is 2.35. The topological polar surface area (TPSA) is 49.4 Å². The van der Waals surface area contributed by atoms with E-state index in [1.807, 2.05) is 0 Å². The molecule has 2 heterocycles. The van der Waals surface area contributed by atoms with Gasteiger partial charge < -0.3 is 5.32 Å². The Kier molecular flexibility index (Phi) is 3.89. The fraction of sp³-hybridized carbons (Fsp3) is 1.00. The highest BCUT2D eigenvalue weighted by Gasteiger charge is 2.44. The predicted octanol–water partition coefficient (Wildman–Crippen LogP) is 1.17. The van der Waals surface area contributed by atoms with Crippen molar-refractivity contribution in [3.63, 3.8) is 0 Å². The smallest absolute Gasteiger partial charge is 0.151 e.